The molecule has 2 aromatic rings. The molecule has 1 saturated heterocycles. The van der Waals surface area contributed by atoms with Crippen molar-refractivity contribution in [3.63, 3.8) is 0 Å². The van der Waals surface area contributed by atoms with Crippen LogP contribution in [0.1, 0.15) is 55.3 Å². The summed E-state index contributed by atoms with van der Waals surface area (Å²) in [5, 5.41) is 4.13. The van der Waals surface area contributed by atoms with E-state index in [-0.39, 0.29) is 11.8 Å². The van der Waals surface area contributed by atoms with E-state index in [2.05, 4.69) is 10.1 Å². The third kappa shape index (κ3) is 3.96. The summed E-state index contributed by atoms with van der Waals surface area (Å²) in [5.74, 6) is 2.16. The number of piperidine rings is 1. The molecule has 1 aliphatic carbocycles. The summed E-state index contributed by atoms with van der Waals surface area (Å²) in [4.78, 5) is 18.8. The number of aromatic nitrogens is 2. The molecule has 2 heterocycles. The van der Waals surface area contributed by atoms with Gasteiger partial charge in [0.05, 0.1) is 6.61 Å². The molecule has 1 amide bonds. The number of carbonyl (C=O) groups is 1. The molecule has 1 aliphatic heterocycles. The van der Waals surface area contributed by atoms with Crippen LogP contribution in [-0.4, -0.2) is 34.0 Å². The van der Waals surface area contributed by atoms with Gasteiger partial charge in [-0.2, -0.15) is 4.98 Å². The van der Waals surface area contributed by atoms with Gasteiger partial charge in [0.15, 0.2) is 5.82 Å². The molecule has 4 rings (SSSR count). The highest BCUT2D eigenvalue weighted by Gasteiger charge is 2.33. The summed E-state index contributed by atoms with van der Waals surface area (Å²) >= 11 is 0. The smallest absolute Gasteiger partial charge is 0.252 e. The van der Waals surface area contributed by atoms with Crippen molar-refractivity contribution in [3.05, 3.63) is 47.6 Å². The molecule has 0 atom stereocenters. The molecule has 1 aromatic heterocycles. The Bertz CT molecular complexity index is 719. The zero-order valence-corrected chi connectivity index (χ0v) is 15.0. The van der Waals surface area contributed by atoms with Gasteiger partial charge in [-0.1, -0.05) is 41.9 Å². The molecular formula is C20H25N3O3. The minimum absolute atomic E-state index is 0.270. The van der Waals surface area contributed by atoms with Crippen LogP contribution < -0.4 is 0 Å². The monoisotopic (exact) mass is 355 g/mol. The van der Waals surface area contributed by atoms with Crippen molar-refractivity contribution in [2.24, 2.45) is 5.92 Å². The molecule has 2 aliphatic rings. The van der Waals surface area contributed by atoms with E-state index in [0.29, 0.717) is 25.0 Å². The van der Waals surface area contributed by atoms with Gasteiger partial charge < -0.3 is 14.2 Å². The maximum Gasteiger partial charge on any atom is 0.252 e. The normalized spacial score (nSPS) is 18.7. The summed E-state index contributed by atoms with van der Waals surface area (Å²) in [7, 11) is 0. The Morgan fingerprint density at radius 1 is 1.12 bits per heavy atom. The topological polar surface area (TPSA) is 68.5 Å². The van der Waals surface area contributed by atoms with Crippen molar-refractivity contribution < 1.29 is 14.1 Å². The fraction of sp³-hybridized carbons (Fsp3) is 0.550. The van der Waals surface area contributed by atoms with E-state index in [1.165, 1.54) is 6.42 Å². The van der Waals surface area contributed by atoms with Crippen LogP contribution in [-0.2, 0) is 22.7 Å². The Balaban J connectivity index is 1.24. The number of benzene rings is 1. The maximum atomic E-state index is 12.3. The second kappa shape index (κ2) is 7.99. The second-order valence-corrected chi connectivity index (χ2v) is 7.25. The lowest BCUT2D eigenvalue weighted by Crippen LogP contribution is -2.43. The number of ether oxygens (including phenoxy) is 1. The van der Waals surface area contributed by atoms with E-state index in [9.17, 15) is 4.79 Å². The van der Waals surface area contributed by atoms with Crippen LogP contribution in [0.5, 0.6) is 0 Å². The van der Waals surface area contributed by atoms with Crippen LogP contribution in [0.2, 0.25) is 0 Å². The fourth-order valence-corrected chi connectivity index (χ4v) is 3.59. The Kier molecular flexibility index (Phi) is 5.29. The molecule has 0 N–H and O–H groups in total. The van der Waals surface area contributed by atoms with E-state index in [1.807, 2.05) is 35.2 Å². The van der Waals surface area contributed by atoms with Gasteiger partial charge in [-0.25, -0.2) is 0 Å². The molecule has 0 unspecified atom stereocenters. The number of likely N-dealkylation sites (tertiary alicyclic amines) is 1. The number of nitrogens with zero attached hydrogens (tertiary/aromatic N) is 3. The number of hydrogen-bond acceptors (Lipinski definition) is 5. The van der Waals surface area contributed by atoms with Gasteiger partial charge in [0, 0.05) is 24.9 Å². The van der Waals surface area contributed by atoms with E-state index in [1.54, 1.807) is 0 Å². The van der Waals surface area contributed by atoms with Crippen LogP contribution in [0, 0.1) is 5.92 Å². The SMILES string of the molecule is O=C(C1CCC1)N1CCC(c2noc(COCc3ccccc3)n2)CC1. The molecule has 2 fully saturated rings. The van der Waals surface area contributed by atoms with Crippen LogP contribution in [0.3, 0.4) is 0 Å². The zero-order chi connectivity index (χ0) is 17.8. The Labute approximate surface area is 153 Å². The first-order valence-electron chi connectivity index (χ1n) is 9.52. The molecular weight excluding hydrogens is 330 g/mol. The van der Waals surface area contributed by atoms with Crippen molar-refractivity contribution in [2.75, 3.05) is 13.1 Å². The van der Waals surface area contributed by atoms with Crippen LogP contribution in [0.15, 0.2) is 34.9 Å². The zero-order valence-electron chi connectivity index (χ0n) is 15.0. The van der Waals surface area contributed by atoms with Gasteiger partial charge in [0.1, 0.15) is 6.61 Å². The molecule has 0 radical (unpaired) electrons. The van der Waals surface area contributed by atoms with Gasteiger partial charge in [-0.15, -0.1) is 0 Å². The quantitative estimate of drug-likeness (QED) is 0.795. The lowest BCUT2D eigenvalue weighted by molar-refractivity contribution is -0.139. The predicted octanol–water partition coefficient (Wildman–Crippen LogP) is 3.29. The van der Waals surface area contributed by atoms with Gasteiger partial charge in [0.25, 0.3) is 5.89 Å². The van der Waals surface area contributed by atoms with Crippen molar-refractivity contribution in [2.45, 2.75) is 51.2 Å². The fourth-order valence-electron chi connectivity index (χ4n) is 3.59. The average Bonchev–Trinajstić information content (AvgIpc) is 3.10. The van der Waals surface area contributed by atoms with Crippen molar-refractivity contribution >= 4 is 5.91 Å². The number of rotatable bonds is 6. The molecule has 1 aromatic carbocycles. The highest BCUT2D eigenvalue weighted by Crippen LogP contribution is 2.31. The lowest BCUT2D eigenvalue weighted by atomic mass is 9.83. The first-order valence-corrected chi connectivity index (χ1v) is 9.52. The Morgan fingerprint density at radius 3 is 2.58 bits per heavy atom. The minimum atomic E-state index is 0.270. The molecule has 0 bridgehead atoms. The van der Waals surface area contributed by atoms with E-state index >= 15 is 0 Å². The third-order valence-corrected chi connectivity index (χ3v) is 5.45. The molecule has 1 saturated carbocycles. The first kappa shape index (κ1) is 17.2. The molecule has 26 heavy (non-hydrogen) atoms. The second-order valence-electron chi connectivity index (χ2n) is 7.25. The first-order chi connectivity index (χ1) is 12.8. The lowest BCUT2D eigenvalue weighted by Gasteiger charge is -2.35. The number of amides is 1. The highest BCUT2D eigenvalue weighted by molar-refractivity contribution is 5.79. The van der Waals surface area contributed by atoms with E-state index < -0.39 is 0 Å². The van der Waals surface area contributed by atoms with E-state index in [0.717, 1.165) is 50.2 Å². The van der Waals surface area contributed by atoms with Gasteiger partial charge >= 0.3 is 0 Å². The van der Waals surface area contributed by atoms with Gasteiger partial charge in [-0.05, 0) is 31.2 Å². The van der Waals surface area contributed by atoms with Crippen molar-refractivity contribution in [1.29, 1.82) is 0 Å². The van der Waals surface area contributed by atoms with Crippen molar-refractivity contribution in [1.82, 2.24) is 15.0 Å². The number of hydrogen-bond donors (Lipinski definition) is 0. The summed E-state index contributed by atoms with van der Waals surface area (Å²) in [5.41, 5.74) is 1.12. The van der Waals surface area contributed by atoms with Crippen LogP contribution in [0.25, 0.3) is 0 Å². The average molecular weight is 355 g/mol. The third-order valence-electron chi connectivity index (χ3n) is 5.45. The summed E-state index contributed by atoms with van der Waals surface area (Å²) in [6.07, 6.45) is 5.14. The van der Waals surface area contributed by atoms with Gasteiger partial charge in [-0.3, -0.25) is 4.79 Å². The number of carbonyl (C=O) groups excluding carboxylic acids is 1. The summed E-state index contributed by atoms with van der Waals surface area (Å²) in [6, 6.07) is 10.0. The highest BCUT2D eigenvalue weighted by atomic mass is 16.5. The molecule has 6 nitrogen and oxygen atoms in total. The minimum Gasteiger partial charge on any atom is -0.367 e. The van der Waals surface area contributed by atoms with Gasteiger partial charge in [0.2, 0.25) is 5.91 Å². The van der Waals surface area contributed by atoms with Crippen LogP contribution in [0.4, 0.5) is 0 Å². The van der Waals surface area contributed by atoms with Crippen LogP contribution >= 0.6 is 0 Å². The Morgan fingerprint density at radius 2 is 1.88 bits per heavy atom. The van der Waals surface area contributed by atoms with Crippen molar-refractivity contribution in [3.8, 4) is 0 Å². The molecule has 0 spiro atoms. The standard InChI is InChI=1S/C20H25N3O3/c24-20(17-7-4-8-17)23-11-9-16(10-12-23)19-21-18(26-22-19)14-25-13-15-5-2-1-3-6-15/h1-3,5-6,16-17H,4,7-14H2. The Hall–Kier alpha value is -2.21. The summed E-state index contributed by atoms with van der Waals surface area (Å²) < 4.78 is 11.0. The predicted molar refractivity (Wildman–Crippen MR) is 95.1 cm³/mol. The van der Waals surface area contributed by atoms with E-state index in [4.69, 9.17) is 9.26 Å². The summed E-state index contributed by atoms with van der Waals surface area (Å²) in [6.45, 7) is 2.45. The largest absolute Gasteiger partial charge is 0.367 e. The molecule has 6 heteroatoms. The maximum absolute atomic E-state index is 12.3. The molecule has 138 valence electrons.